The molecular weight excluding hydrogens is 272 g/mol. The zero-order valence-electron chi connectivity index (χ0n) is 10.00. The maximum absolute atomic E-state index is 13.3. The standard InChI is InChI=1S/C14H12ClF2NO/c15-11-3-1-2-4-13(11)18-7-8-19-14-9-10(16)5-6-12(14)17/h1-6,9,18H,7-8H2. The van der Waals surface area contributed by atoms with E-state index < -0.39 is 11.6 Å². The molecule has 0 saturated carbocycles. The van der Waals surface area contributed by atoms with E-state index in [2.05, 4.69) is 5.32 Å². The fourth-order valence-electron chi connectivity index (χ4n) is 1.54. The van der Waals surface area contributed by atoms with Crippen LogP contribution in [-0.2, 0) is 0 Å². The molecule has 5 heteroatoms. The topological polar surface area (TPSA) is 21.3 Å². The average molecular weight is 284 g/mol. The molecular formula is C14H12ClF2NO. The predicted octanol–water partition coefficient (Wildman–Crippen LogP) is 4.11. The Morgan fingerprint density at radius 1 is 1.11 bits per heavy atom. The van der Waals surface area contributed by atoms with Crippen molar-refractivity contribution in [3.05, 3.63) is 59.1 Å². The van der Waals surface area contributed by atoms with Crippen molar-refractivity contribution in [3.8, 4) is 5.75 Å². The summed E-state index contributed by atoms with van der Waals surface area (Å²) in [6.45, 7) is 0.630. The Morgan fingerprint density at radius 3 is 2.68 bits per heavy atom. The first-order valence-electron chi connectivity index (χ1n) is 5.73. The number of rotatable bonds is 5. The maximum atomic E-state index is 13.3. The summed E-state index contributed by atoms with van der Waals surface area (Å²) in [5.74, 6) is -1.21. The van der Waals surface area contributed by atoms with Crippen LogP contribution in [0.3, 0.4) is 0 Å². The molecule has 2 nitrogen and oxygen atoms in total. The Kier molecular flexibility index (Phi) is 4.58. The normalized spacial score (nSPS) is 10.3. The van der Waals surface area contributed by atoms with Crippen LogP contribution in [0.5, 0.6) is 5.75 Å². The van der Waals surface area contributed by atoms with Gasteiger partial charge in [0.15, 0.2) is 11.6 Å². The van der Waals surface area contributed by atoms with Gasteiger partial charge in [-0.15, -0.1) is 0 Å². The van der Waals surface area contributed by atoms with Gasteiger partial charge in [0.2, 0.25) is 0 Å². The Hall–Kier alpha value is -1.81. The Bertz CT molecular complexity index is 563. The Labute approximate surface area is 115 Å². The van der Waals surface area contributed by atoms with Crippen molar-refractivity contribution in [2.75, 3.05) is 18.5 Å². The van der Waals surface area contributed by atoms with Crippen molar-refractivity contribution in [2.45, 2.75) is 0 Å². The second-order valence-electron chi connectivity index (χ2n) is 3.83. The zero-order valence-corrected chi connectivity index (χ0v) is 10.8. The summed E-state index contributed by atoms with van der Waals surface area (Å²) in [6, 6.07) is 10.4. The molecule has 0 atom stereocenters. The molecule has 0 unspecified atom stereocenters. The highest BCUT2D eigenvalue weighted by Gasteiger charge is 2.04. The number of hydrogen-bond acceptors (Lipinski definition) is 2. The van der Waals surface area contributed by atoms with E-state index in [1.165, 1.54) is 0 Å². The lowest BCUT2D eigenvalue weighted by Gasteiger charge is -2.10. The number of para-hydroxylation sites is 1. The number of ether oxygens (including phenoxy) is 1. The highest BCUT2D eigenvalue weighted by molar-refractivity contribution is 6.33. The van der Waals surface area contributed by atoms with E-state index in [1.807, 2.05) is 18.2 Å². The quantitative estimate of drug-likeness (QED) is 0.834. The van der Waals surface area contributed by atoms with Crippen molar-refractivity contribution in [3.63, 3.8) is 0 Å². The minimum Gasteiger partial charge on any atom is -0.489 e. The van der Waals surface area contributed by atoms with E-state index in [0.717, 1.165) is 23.9 Å². The molecule has 0 heterocycles. The van der Waals surface area contributed by atoms with Crippen LogP contribution in [0.1, 0.15) is 0 Å². The largest absolute Gasteiger partial charge is 0.489 e. The summed E-state index contributed by atoms with van der Waals surface area (Å²) in [4.78, 5) is 0. The molecule has 0 bridgehead atoms. The fraction of sp³-hybridized carbons (Fsp3) is 0.143. The third-order valence-electron chi connectivity index (χ3n) is 2.44. The Balaban J connectivity index is 1.84. The van der Waals surface area contributed by atoms with E-state index in [1.54, 1.807) is 6.07 Å². The zero-order chi connectivity index (χ0) is 13.7. The molecule has 0 radical (unpaired) electrons. The lowest BCUT2D eigenvalue weighted by Crippen LogP contribution is -2.12. The van der Waals surface area contributed by atoms with Crippen LogP contribution < -0.4 is 10.1 Å². The summed E-state index contributed by atoms with van der Waals surface area (Å²) >= 11 is 5.95. The highest BCUT2D eigenvalue weighted by atomic mass is 35.5. The molecule has 0 fully saturated rings. The molecule has 0 aliphatic carbocycles. The van der Waals surface area contributed by atoms with Crippen molar-refractivity contribution >= 4 is 17.3 Å². The van der Waals surface area contributed by atoms with Crippen molar-refractivity contribution in [2.24, 2.45) is 0 Å². The van der Waals surface area contributed by atoms with Crippen LogP contribution in [-0.4, -0.2) is 13.2 Å². The summed E-state index contributed by atoms with van der Waals surface area (Å²) in [7, 11) is 0. The van der Waals surface area contributed by atoms with Gasteiger partial charge in [-0.05, 0) is 24.3 Å². The number of anilines is 1. The van der Waals surface area contributed by atoms with Gasteiger partial charge in [-0.25, -0.2) is 8.78 Å². The van der Waals surface area contributed by atoms with Crippen LogP contribution in [0, 0.1) is 11.6 Å². The number of halogens is 3. The minimum absolute atomic E-state index is 0.0963. The molecule has 2 aromatic rings. The second kappa shape index (κ2) is 6.38. The predicted molar refractivity (Wildman–Crippen MR) is 71.8 cm³/mol. The second-order valence-corrected chi connectivity index (χ2v) is 4.24. The van der Waals surface area contributed by atoms with E-state index in [9.17, 15) is 8.78 Å². The SMILES string of the molecule is Fc1ccc(F)c(OCCNc2ccccc2Cl)c1. The van der Waals surface area contributed by atoms with Crippen LogP contribution >= 0.6 is 11.6 Å². The lowest BCUT2D eigenvalue weighted by atomic mass is 10.3. The van der Waals surface area contributed by atoms with Gasteiger partial charge < -0.3 is 10.1 Å². The Morgan fingerprint density at radius 2 is 1.89 bits per heavy atom. The summed E-state index contributed by atoms with van der Waals surface area (Å²) in [5.41, 5.74) is 0.771. The van der Waals surface area contributed by atoms with Crippen LogP contribution in [0.25, 0.3) is 0 Å². The van der Waals surface area contributed by atoms with Crippen molar-refractivity contribution in [1.82, 2.24) is 0 Å². The van der Waals surface area contributed by atoms with Gasteiger partial charge in [0.25, 0.3) is 0 Å². The first-order chi connectivity index (χ1) is 9.16. The number of benzene rings is 2. The molecule has 19 heavy (non-hydrogen) atoms. The number of hydrogen-bond donors (Lipinski definition) is 1. The van der Waals surface area contributed by atoms with Gasteiger partial charge in [0.1, 0.15) is 12.4 Å². The first kappa shape index (κ1) is 13.6. The molecule has 0 aromatic heterocycles. The molecule has 0 aliphatic rings. The van der Waals surface area contributed by atoms with Crippen LogP contribution in [0.4, 0.5) is 14.5 Å². The monoisotopic (exact) mass is 283 g/mol. The summed E-state index contributed by atoms with van der Waals surface area (Å²) in [6.07, 6.45) is 0. The van der Waals surface area contributed by atoms with Gasteiger partial charge in [0, 0.05) is 12.6 Å². The van der Waals surface area contributed by atoms with E-state index in [0.29, 0.717) is 11.6 Å². The van der Waals surface area contributed by atoms with Crippen molar-refractivity contribution < 1.29 is 13.5 Å². The molecule has 2 rings (SSSR count). The fourth-order valence-corrected chi connectivity index (χ4v) is 1.74. The molecule has 0 aliphatic heterocycles. The van der Waals surface area contributed by atoms with E-state index >= 15 is 0 Å². The third kappa shape index (κ3) is 3.83. The maximum Gasteiger partial charge on any atom is 0.165 e. The van der Waals surface area contributed by atoms with Gasteiger partial charge in [-0.1, -0.05) is 23.7 Å². The summed E-state index contributed by atoms with van der Waals surface area (Å²) < 4.78 is 31.3. The molecule has 0 amide bonds. The molecule has 2 aromatic carbocycles. The van der Waals surface area contributed by atoms with Gasteiger partial charge in [-0.3, -0.25) is 0 Å². The van der Waals surface area contributed by atoms with E-state index in [-0.39, 0.29) is 12.4 Å². The lowest BCUT2D eigenvalue weighted by molar-refractivity contribution is 0.313. The molecule has 0 saturated heterocycles. The van der Waals surface area contributed by atoms with Crippen LogP contribution in [0.15, 0.2) is 42.5 Å². The summed E-state index contributed by atoms with van der Waals surface area (Å²) in [5, 5.41) is 3.64. The van der Waals surface area contributed by atoms with Gasteiger partial charge >= 0.3 is 0 Å². The molecule has 0 spiro atoms. The number of nitrogens with one attached hydrogen (secondary N) is 1. The van der Waals surface area contributed by atoms with Gasteiger partial charge in [-0.2, -0.15) is 0 Å². The minimum atomic E-state index is -0.584. The van der Waals surface area contributed by atoms with E-state index in [4.69, 9.17) is 16.3 Å². The first-order valence-corrected chi connectivity index (χ1v) is 6.11. The highest BCUT2D eigenvalue weighted by Crippen LogP contribution is 2.20. The molecule has 100 valence electrons. The molecule has 1 N–H and O–H groups in total. The average Bonchev–Trinajstić information content (AvgIpc) is 2.40. The van der Waals surface area contributed by atoms with Gasteiger partial charge in [0.05, 0.1) is 10.7 Å². The third-order valence-corrected chi connectivity index (χ3v) is 2.77. The van der Waals surface area contributed by atoms with Crippen LogP contribution in [0.2, 0.25) is 5.02 Å². The smallest absolute Gasteiger partial charge is 0.165 e. The van der Waals surface area contributed by atoms with Crippen molar-refractivity contribution in [1.29, 1.82) is 0 Å².